The van der Waals surface area contributed by atoms with Gasteiger partial charge < -0.3 is 5.32 Å². The van der Waals surface area contributed by atoms with Crippen molar-refractivity contribution in [2.75, 3.05) is 13.1 Å². The second-order valence-electron chi connectivity index (χ2n) is 5.67. The van der Waals surface area contributed by atoms with Crippen LogP contribution in [-0.4, -0.2) is 13.1 Å². The first-order chi connectivity index (χ1) is 8.86. The molecule has 1 saturated carbocycles. The maximum absolute atomic E-state index is 3.61. The molecule has 1 aromatic rings. The maximum Gasteiger partial charge on any atom is -0.00176 e. The minimum Gasteiger partial charge on any atom is -0.316 e. The molecule has 3 atom stereocenters. The van der Waals surface area contributed by atoms with Crippen LogP contribution in [0.5, 0.6) is 0 Å². The fourth-order valence-corrected chi connectivity index (χ4v) is 3.12. The van der Waals surface area contributed by atoms with Crippen LogP contribution in [0.1, 0.15) is 51.0 Å². The lowest BCUT2D eigenvalue weighted by atomic mass is 9.94. The van der Waals surface area contributed by atoms with E-state index in [-0.39, 0.29) is 0 Å². The zero-order chi connectivity index (χ0) is 12.8. The predicted octanol–water partition coefficient (Wildman–Crippen LogP) is 4.21. The normalized spacial score (nSPS) is 23.9. The third kappa shape index (κ3) is 3.58. The number of hydrogen-bond donors (Lipinski definition) is 1. The second-order valence-corrected chi connectivity index (χ2v) is 5.67. The molecular formula is C17H27N. The van der Waals surface area contributed by atoms with E-state index in [2.05, 4.69) is 49.5 Å². The van der Waals surface area contributed by atoms with Gasteiger partial charge in [-0.25, -0.2) is 0 Å². The molecule has 100 valence electrons. The van der Waals surface area contributed by atoms with E-state index in [0.29, 0.717) is 0 Å². The van der Waals surface area contributed by atoms with Crippen LogP contribution < -0.4 is 5.32 Å². The number of nitrogens with one attached hydrogen (secondary N) is 1. The molecule has 0 saturated heterocycles. The third-order valence-corrected chi connectivity index (χ3v) is 4.17. The first-order valence-electron chi connectivity index (χ1n) is 7.62. The Morgan fingerprint density at radius 1 is 1.17 bits per heavy atom. The van der Waals surface area contributed by atoms with Crippen LogP contribution >= 0.6 is 0 Å². The summed E-state index contributed by atoms with van der Waals surface area (Å²) in [6.07, 6.45) is 5.34. The summed E-state index contributed by atoms with van der Waals surface area (Å²) in [6, 6.07) is 11.1. The molecule has 0 aliphatic heterocycles. The van der Waals surface area contributed by atoms with E-state index in [1.165, 1.54) is 38.8 Å². The smallest absolute Gasteiger partial charge is 0.00176 e. The fraction of sp³-hybridized carbons (Fsp3) is 0.647. The summed E-state index contributed by atoms with van der Waals surface area (Å²) in [5.74, 6) is 2.65. The highest BCUT2D eigenvalue weighted by atomic mass is 14.9. The summed E-state index contributed by atoms with van der Waals surface area (Å²) in [6.45, 7) is 6.94. The van der Waals surface area contributed by atoms with Gasteiger partial charge in [-0.3, -0.25) is 0 Å². The number of benzene rings is 1. The number of rotatable bonds is 8. The molecule has 0 aromatic heterocycles. The molecule has 1 nitrogen and oxygen atoms in total. The Bertz CT molecular complexity index is 333. The van der Waals surface area contributed by atoms with Gasteiger partial charge >= 0.3 is 0 Å². The molecule has 1 aromatic carbocycles. The molecule has 1 fully saturated rings. The molecule has 1 heteroatoms. The van der Waals surface area contributed by atoms with Crippen LogP contribution in [0.3, 0.4) is 0 Å². The van der Waals surface area contributed by atoms with Gasteiger partial charge in [0, 0.05) is 0 Å². The van der Waals surface area contributed by atoms with Crippen molar-refractivity contribution in [2.24, 2.45) is 11.8 Å². The topological polar surface area (TPSA) is 12.0 Å². The van der Waals surface area contributed by atoms with Crippen molar-refractivity contribution >= 4 is 0 Å². The van der Waals surface area contributed by atoms with E-state index in [1.807, 2.05) is 0 Å². The van der Waals surface area contributed by atoms with Crippen molar-refractivity contribution in [1.29, 1.82) is 0 Å². The van der Waals surface area contributed by atoms with Crippen LogP contribution in [0.25, 0.3) is 0 Å². The van der Waals surface area contributed by atoms with Gasteiger partial charge in [-0.05, 0) is 55.7 Å². The minimum atomic E-state index is 0.839. The largest absolute Gasteiger partial charge is 0.316 e. The average molecular weight is 245 g/mol. The zero-order valence-electron chi connectivity index (χ0n) is 11.9. The molecule has 1 aliphatic carbocycles. The van der Waals surface area contributed by atoms with Crippen molar-refractivity contribution in [3.05, 3.63) is 35.9 Å². The van der Waals surface area contributed by atoms with Crippen LogP contribution in [0.4, 0.5) is 0 Å². The summed E-state index contributed by atoms with van der Waals surface area (Å²) in [7, 11) is 0. The van der Waals surface area contributed by atoms with Crippen molar-refractivity contribution in [3.8, 4) is 0 Å². The third-order valence-electron chi connectivity index (χ3n) is 4.17. The minimum absolute atomic E-state index is 0.839. The van der Waals surface area contributed by atoms with Gasteiger partial charge in [0.15, 0.2) is 0 Å². The average Bonchev–Trinajstić information content (AvgIpc) is 3.19. The summed E-state index contributed by atoms with van der Waals surface area (Å²) in [5.41, 5.74) is 1.55. The zero-order valence-corrected chi connectivity index (χ0v) is 11.9. The van der Waals surface area contributed by atoms with E-state index in [9.17, 15) is 0 Å². The van der Waals surface area contributed by atoms with E-state index in [4.69, 9.17) is 0 Å². The second kappa shape index (κ2) is 6.94. The highest BCUT2D eigenvalue weighted by Crippen LogP contribution is 2.52. The van der Waals surface area contributed by atoms with E-state index >= 15 is 0 Å². The predicted molar refractivity (Wildman–Crippen MR) is 78.8 cm³/mol. The van der Waals surface area contributed by atoms with Gasteiger partial charge in [-0.2, -0.15) is 0 Å². The Kier molecular flexibility index (Phi) is 5.25. The van der Waals surface area contributed by atoms with Gasteiger partial charge in [0.25, 0.3) is 0 Å². The molecular weight excluding hydrogens is 218 g/mol. The lowest BCUT2D eigenvalue weighted by Crippen LogP contribution is -2.25. The van der Waals surface area contributed by atoms with Crippen molar-refractivity contribution < 1.29 is 0 Å². The van der Waals surface area contributed by atoms with Crippen molar-refractivity contribution in [3.63, 3.8) is 0 Å². The van der Waals surface area contributed by atoms with Crippen LogP contribution in [0.15, 0.2) is 30.3 Å². The fourth-order valence-electron chi connectivity index (χ4n) is 3.12. The van der Waals surface area contributed by atoms with E-state index in [1.54, 1.807) is 5.56 Å². The summed E-state index contributed by atoms with van der Waals surface area (Å²) >= 11 is 0. The van der Waals surface area contributed by atoms with Gasteiger partial charge in [0.1, 0.15) is 0 Å². The van der Waals surface area contributed by atoms with Crippen molar-refractivity contribution in [2.45, 2.75) is 45.4 Å². The molecule has 0 amide bonds. The monoisotopic (exact) mass is 245 g/mol. The van der Waals surface area contributed by atoms with Crippen molar-refractivity contribution in [1.82, 2.24) is 5.32 Å². The van der Waals surface area contributed by atoms with E-state index in [0.717, 1.165) is 17.8 Å². The Morgan fingerprint density at radius 2 is 1.94 bits per heavy atom. The SMILES string of the molecule is CCCNCC(CCC)C1CC1c1ccccc1. The van der Waals surface area contributed by atoms with Gasteiger partial charge in [-0.1, -0.05) is 50.6 Å². The first kappa shape index (κ1) is 13.6. The van der Waals surface area contributed by atoms with E-state index < -0.39 is 0 Å². The summed E-state index contributed by atoms with van der Waals surface area (Å²) in [5, 5.41) is 3.61. The lowest BCUT2D eigenvalue weighted by molar-refractivity contribution is 0.389. The molecule has 0 bridgehead atoms. The Labute approximate surface area is 112 Å². The molecule has 0 radical (unpaired) electrons. The van der Waals surface area contributed by atoms with Crippen LogP contribution in [0.2, 0.25) is 0 Å². The molecule has 1 N–H and O–H groups in total. The number of hydrogen-bond acceptors (Lipinski definition) is 1. The van der Waals surface area contributed by atoms with Gasteiger partial charge in [0.2, 0.25) is 0 Å². The lowest BCUT2D eigenvalue weighted by Gasteiger charge is -2.17. The van der Waals surface area contributed by atoms with Crippen LogP contribution in [-0.2, 0) is 0 Å². The Balaban J connectivity index is 1.85. The molecule has 1 aliphatic rings. The Morgan fingerprint density at radius 3 is 2.61 bits per heavy atom. The maximum atomic E-state index is 3.61. The van der Waals surface area contributed by atoms with Crippen LogP contribution in [0, 0.1) is 11.8 Å². The highest BCUT2D eigenvalue weighted by molar-refractivity contribution is 5.26. The summed E-state index contributed by atoms with van der Waals surface area (Å²) in [4.78, 5) is 0. The molecule has 0 heterocycles. The summed E-state index contributed by atoms with van der Waals surface area (Å²) < 4.78 is 0. The molecule has 3 unspecified atom stereocenters. The highest BCUT2D eigenvalue weighted by Gasteiger charge is 2.42. The van der Waals surface area contributed by atoms with Gasteiger partial charge in [-0.15, -0.1) is 0 Å². The quantitative estimate of drug-likeness (QED) is 0.677. The molecule has 0 spiro atoms. The Hall–Kier alpha value is -0.820. The molecule has 2 rings (SSSR count). The standard InChI is InChI=1S/C17H27N/c1-3-8-15(13-18-11-4-2)17-12-16(17)14-9-6-5-7-10-14/h5-7,9-10,15-18H,3-4,8,11-13H2,1-2H3. The van der Waals surface area contributed by atoms with Gasteiger partial charge in [0.05, 0.1) is 0 Å². The first-order valence-corrected chi connectivity index (χ1v) is 7.62. The molecule has 18 heavy (non-hydrogen) atoms.